The van der Waals surface area contributed by atoms with Gasteiger partial charge in [-0.1, -0.05) is 0 Å². The summed E-state index contributed by atoms with van der Waals surface area (Å²) in [5.41, 5.74) is 6.54. The maximum Gasteiger partial charge on any atom is 0.260 e. The molecule has 0 aromatic carbocycles. The summed E-state index contributed by atoms with van der Waals surface area (Å²) in [7, 11) is -3.10. The first-order valence-electron chi connectivity index (χ1n) is 3.24. The lowest BCUT2D eigenvalue weighted by atomic mass is 10.2. The molecular weight excluding hydrogens is 184 g/mol. The van der Waals surface area contributed by atoms with Crippen molar-refractivity contribution < 1.29 is 18.4 Å². The van der Waals surface area contributed by atoms with Crippen LogP contribution in [0.2, 0.25) is 0 Å². The minimum absolute atomic E-state index is 0.00519. The van der Waals surface area contributed by atoms with Crippen molar-refractivity contribution in [1.29, 1.82) is 0 Å². The first-order chi connectivity index (χ1) is 5.37. The van der Waals surface area contributed by atoms with Gasteiger partial charge in [-0.05, 0) is 6.42 Å². The first kappa shape index (κ1) is 11.3. The van der Waals surface area contributed by atoms with Gasteiger partial charge in [0.1, 0.15) is 9.84 Å². The normalized spacial score (nSPS) is 13.9. The van der Waals surface area contributed by atoms with Crippen molar-refractivity contribution in [2.45, 2.75) is 12.5 Å². The predicted molar refractivity (Wildman–Crippen MR) is 42.2 cm³/mol. The third-order valence-corrected chi connectivity index (χ3v) is 2.22. The van der Waals surface area contributed by atoms with E-state index in [4.69, 9.17) is 10.9 Å². The Morgan fingerprint density at radius 1 is 1.67 bits per heavy atom. The van der Waals surface area contributed by atoms with Crippen molar-refractivity contribution in [1.82, 2.24) is 5.48 Å². The SMILES string of the molecule is CS(=O)(=O)CCC(N)C(=O)NO. The van der Waals surface area contributed by atoms with Crippen LogP contribution in [0.1, 0.15) is 6.42 Å². The van der Waals surface area contributed by atoms with Crippen molar-refractivity contribution in [3.8, 4) is 0 Å². The molecule has 6 nitrogen and oxygen atoms in total. The summed E-state index contributed by atoms with van der Waals surface area (Å²) in [5.74, 6) is -0.944. The molecule has 0 bridgehead atoms. The topological polar surface area (TPSA) is 109 Å². The summed E-state index contributed by atoms with van der Waals surface area (Å²) in [4.78, 5) is 10.5. The van der Waals surface area contributed by atoms with Gasteiger partial charge in [-0.3, -0.25) is 10.0 Å². The quantitative estimate of drug-likeness (QED) is 0.365. The number of sulfone groups is 1. The number of rotatable bonds is 4. The van der Waals surface area contributed by atoms with Gasteiger partial charge in [0.15, 0.2) is 0 Å². The average molecular weight is 196 g/mol. The fraction of sp³-hybridized carbons (Fsp3) is 0.800. The molecule has 0 heterocycles. The summed E-state index contributed by atoms with van der Waals surface area (Å²) in [6.07, 6.45) is 1.06. The maximum atomic E-state index is 10.6. The van der Waals surface area contributed by atoms with Crippen LogP contribution in [0.4, 0.5) is 0 Å². The van der Waals surface area contributed by atoms with Crippen molar-refractivity contribution in [2.24, 2.45) is 5.73 Å². The number of nitrogens with two attached hydrogens (primary N) is 1. The summed E-state index contributed by atoms with van der Waals surface area (Å²) < 4.78 is 21.2. The Kier molecular flexibility index (Phi) is 4.15. The van der Waals surface area contributed by atoms with Crippen molar-refractivity contribution in [3.05, 3.63) is 0 Å². The smallest absolute Gasteiger partial charge is 0.260 e. The number of hydrogen-bond donors (Lipinski definition) is 3. The summed E-state index contributed by atoms with van der Waals surface area (Å²) >= 11 is 0. The standard InChI is InChI=1S/C5H12N2O4S/c1-12(10,11)3-2-4(6)5(8)7-9/h4,9H,2-3,6H2,1H3,(H,7,8). The Morgan fingerprint density at radius 3 is 2.50 bits per heavy atom. The van der Waals surface area contributed by atoms with E-state index in [0.717, 1.165) is 6.26 Å². The van der Waals surface area contributed by atoms with Crippen molar-refractivity contribution in [3.63, 3.8) is 0 Å². The number of hydroxylamine groups is 1. The molecule has 0 saturated heterocycles. The molecule has 0 aliphatic carbocycles. The molecule has 4 N–H and O–H groups in total. The molecule has 0 aromatic rings. The van der Waals surface area contributed by atoms with Gasteiger partial charge in [0.05, 0.1) is 11.8 Å². The van der Waals surface area contributed by atoms with Crippen LogP contribution in [-0.4, -0.2) is 37.6 Å². The Hall–Kier alpha value is -0.660. The zero-order valence-corrected chi connectivity index (χ0v) is 7.47. The molecule has 0 saturated carbocycles. The van der Waals surface area contributed by atoms with E-state index >= 15 is 0 Å². The lowest BCUT2D eigenvalue weighted by molar-refractivity contribution is -0.130. The molecule has 72 valence electrons. The Labute approximate surface area is 70.6 Å². The highest BCUT2D eigenvalue weighted by atomic mass is 32.2. The molecule has 0 aliphatic heterocycles. The second kappa shape index (κ2) is 4.39. The van der Waals surface area contributed by atoms with E-state index in [1.807, 2.05) is 0 Å². The monoisotopic (exact) mass is 196 g/mol. The molecule has 0 aliphatic rings. The minimum Gasteiger partial charge on any atom is -0.320 e. The van der Waals surface area contributed by atoms with E-state index in [9.17, 15) is 13.2 Å². The molecule has 1 atom stereocenters. The van der Waals surface area contributed by atoms with E-state index in [2.05, 4.69) is 0 Å². The maximum absolute atomic E-state index is 10.6. The number of carbonyl (C=O) groups excluding carboxylic acids is 1. The van der Waals surface area contributed by atoms with Crippen LogP contribution in [0.25, 0.3) is 0 Å². The zero-order valence-electron chi connectivity index (χ0n) is 6.65. The second-order valence-electron chi connectivity index (χ2n) is 2.50. The highest BCUT2D eigenvalue weighted by Crippen LogP contribution is 1.93. The third kappa shape index (κ3) is 5.05. The second-order valence-corrected chi connectivity index (χ2v) is 4.76. The number of carbonyl (C=O) groups is 1. The molecule has 7 heteroatoms. The predicted octanol–water partition coefficient (Wildman–Crippen LogP) is -1.75. The number of amides is 1. The first-order valence-corrected chi connectivity index (χ1v) is 5.30. The van der Waals surface area contributed by atoms with E-state index in [1.54, 1.807) is 0 Å². The molecular formula is C5H12N2O4S. The molecule has 1 unspecified atom stereocenters. The van der Waals surface area contributed by atoms with Gasteiger partial charge in [0.2, 0.25) is 0 Å². The van der Waals surface area contributed by atoms with Crippen LogP contribution >= 0.6 is 0 Å². The third-order valence-electron chi connectivity index (χ3n) is 1.25. The summed E-state index contributed by atoms with van der Waals surface area (Å²) in [6.45, 7) is 0. The van der Waals surface area contributed by atoms with E-state index in [-0.39, 0.29) is 12.2 Å². The van der Waals surface area contributed by atoms with Gasteiger partial charge in [0.25, 0.3) is 5.91 Å². The minimum atomic E-state index is -3.10. The molecule has 0 aromatic heterocycles. The van der Waals surface area contributed by atoms with Crippen LogP contribution < -0.4 is 11.2 Å². The van der Waals surface area contributed by atoms with Gasteiger partial charge >= 0.3 is 0 Å². The van der Waals surface area contributed by atoms with Gasteiger partial charge in [-0.15, -0.1) is 0 Å². The van der Waals surface area contributed by atoms with Crippen molar-refractivity contribution >= 4 is 15.7 Å². The largest absolute Gasteiger partial charge is 0.320 e. The summed E-state index contributed by atoms with van der Waals surface area (Å²) in [5, 5.41) is 8.11. The van der Waals surface area contributed by atoms with Gasteiger partial charge in [-0.25, -0.2) is 13.9 Å². The van der Waals surface area contributed by atoms with E-state index in [1.165, 1.54) is 5.48 Å². The van der Waals surface area contributed by atoms with Gasteiger partial charge in [-0.2, -0.15) is 0 Å². The zero-order chi connectivity index (χ0) is 9.78. The van der Waals surface area contributed by atoms with Crippen LogP contribution in [0.3, 0.4) is 0 Å². The number of hydrogen-bond acceptors (Lipinski definition) is 5. The molecule has 12 heavy (non-hydrogen) atoms. The Bertz CT molecular complexity index is 248. The lowest BCUT2D eigenvalue weighted by Gasteiger charge is -2.07. The molecule has 0 fully saturated rings. The van der Waals surface area contributed by atoms with E-state index < -0.39 is 21.8 Å². The summed E-state index contributed by atoms with van der Waals surface area (Å²) in [6, 6.07) is -0.982. The van der Waals surface area contributed by atoms with Gasteiger partial charge < -0.3 is 5.73 Å². The lowest BCUT2D eigenvalue weighted by Crippen LogP contribution is -2.40. The van der Waals surface area contributed by atoms with Crippen LogP contribution in [-0.2, 0) is 14.6 Å². The fourth-order valence-electron chi connectivity index (χ4n) is 0.555. The highest BCUT2D eigenvalue weighted by molar-refractivity contribution is 7.90. The molecule has 0 spiro atoms. The van der Waals surface area contributed by atoms with Gasteiger partial charge in [0, 0.05) is 6.26 Å². The van der Waals surface area contributed by atoms with Crippen LogP contribution in [0.15, 0.2) is 0 Å². The number of nitrogens with one attached hydrogen (secondary N) is 1. The van der Waals surface area contributed by atoms with Crippen molar-refractivity contribution in [2.75, 3.05) is 12.0 Å². The van der Waals surface area contributed by atoms with Crippen LogP contribution in [0, 0.1) is 0 Å². The van der Waals surface area contributed by atoms with E-state index in [0.29, 0.717) is 0 Å². The molecule has 0 radical (unpaired) electrons. The Morgan fingerprint density at radius 2 is 2.17 bits per heavy atom. The molecule has 1 amide bonds. The van der Waals surface area contributed by atoms with Crippen LogP contribution in [0.5, 0.6) is 0 Å². The Balaban J connectivity index is 3.88. The fourth-order valence-corrected chi connectivity index (χ4v) is 1.24. The highest BCUT2D eigenvalue weighted by Gasteiger charge is 2.14. The molecule has 0 rings (SSSR count). The average Bonchev–Trinajstić information content (AvgIpc) is 1.97.